The standard InChI is InChI=1S/C11H20ClNO2/c1-9-3-2-5-11(15,7-9)8-13-10(14)4-6-12/h9,15H,2-8H2,1H3,(H,13,14). The van der Waals surface area contributed by atoms with Gasteiger partial charge < -0.3 is 10.4 Å². The number of hydrogen-bond acceptors (Lipinski definition) is 2. The van der Waals surface area contributed by atoms with Gasteiger partial charge in [-0.05, 0) is 18.8 Å². The lowest BCUT2D eigenvalue weighted by Crippen LogP contribution is -2.45. The summed E-state index contributed by atoms with van der Waals surface area (Å²) < 4.78 is 0. The molecule has 0 saturated heterocycles. The summed E-state index contributed by atoms with van der Waals surface area (Å²) in [6.07, 6.45) is 4.13. The highest BCUT2D eigenvalue weighted by atomic mass is 35.5. The van der Waals surface area contributed by atoms with Crippen molar-refractivity contribution in [1.29, 1.82) is 0 Å². The van der Waals surface area contributed by atoms with Crippen LogP contribution in [0, 0.1) is 5.92 Å². The first-order chi connectivity index (χ1) is 7.06. The molecular weight excluding hydrogens is 214 g/mol. The summed E-state index contributed by atoms with van der Waals surface area (Å²) in [4.78, 5) is 11.2. The maximum absolute atomic E-state index is 11.2. The third-order valence-electron chi connectivity index (χ3n) is 3.00. The van der Waals surface area contributed by atoms with Crippen molar-refractivity contribution >= 4 is 17.5 Å². The largest absolute Gasteiger partial charge is 0.388 e. The summed E-state index contributed by atoms with van der Waals surface area (Å²) in [6, 6.07) is 0. The number of carbonyl (C=O) groups is 1. The van der Waals surface area contributed by atoms with E-state index in [1.165, 1.54) is 6.42 Å². The third-order valence-corrected chi connectivity index (χ3v) is 3.19. The summed E-state index contributed by atoms with van der Waals surface area (Å²) >= 11 is 5.45. The van der Waals surface area contributed by atoms with Crippen LogP contribution in [-0.4, -0.2) is 29.0 Å². The number of amides is 1. The maximum Gasteiger partial charge on any atom is 0.221 e. The van der Waals surface area contributed by atoms with Crippen LogP contribution in [0.3, 0.4) is 0 Å². The number of alkyl halides is 1. The van der Waals surface area contributed by atoms with Crippen LogP contribution in [0.25, 0.3) is 0 Å². The van der Waals surface area contributed by atoms with Gasteiger partial charge in [0, 0.05) is 18.8 Å². The predicted molar refractivity (Wildman–Crippen MR) is 60.9 cm³/mol. The molecule has 0 aromatic heterocycles. The lowest BCUT2D eigenvalue weighted by atomic mass is 9.79. The molecule has 1 aliphatic carbocycles. The van der Waals surface area contributed by atoms with Gasteiger partial charge in [0.25, 0.3) is 0 Å². The number of halogens is 1. The predicted octanol–water partition coefficient (Wildman–Crippen LogP) is 1.67. The highest BCUT2D eigenvalue weighted by Crippen LogP contribution is 2.31. The summed E-state index contributed by atoms with van der Waals surface area (Å²) in [5.74, 6) is 0.811. The van der Waals surface area contributed by atoms with Crippen LogP contribution in [0.5, 0.6) is 0 Å². The second-order valence-electron chi connectivity index (χ2n) is 4.64. The van der Waals surface area contributed by atoms with Gasteiger partial charge in [-0.25, -0.2) is 0 Å². The Labute approximate surface area is 96.2 Å². The van der Waals surface area contributed by atoms with Crippen LogP contribution < -0.4 is 5.32 Å². The molecule has 1 amide bonds. The second-order valence-corrected chi connectivity index (χ2v) is 5.02. The number of nitrogens with one attached hydrogen (secondary N) is 1. The highest BCUT2D eigenvalue weighted by Gasteiger charge is 2.32. The molecule has 0 aromatic carbocycles. The third kappa shape index (κ3) is 4.39. The average Bonchev–Trinajstić information content (AvgIpc) is 2.15. The van der Waals surface area contributed by atoms with Crippen molar-refractivity contribution in [1.82, 2.24) is 5.32 Å². The van der Waals surface area contributed by atoms with E-state index in [2.05, 4.69) is 12.2 Å². The molecule has 0 heterocycles. The van der Waals surface area contributed by atoms with E-state index in [1.807, 2.05) is 0 Å². The van der Waals surface area contributed by atoms with Crippen LogP contribution in [0.4, 0.5) is 0 Å². The molecular formula is C11H20ClNO2. The van der Waals surface area contributed by atoms with E-state index >= 15 is 0 Å². The zero-order valence-electron chi connectivity index (χ0n) is 9.26. The second kappa shape index (κ2) is 5.71. The Morgan fingerprint density at radius 3 is 3.00 bits per heavy atom. The minimum absolute atomic E-state index is 0.0725. The molecule has 4 heteroatoms. The van der Waals surface area contributed by atoms with E-state index in [-0.39, 0.29) is 5.91 Å². The molecule has 1 saturated carbocycles. The Kier molecular flexibility index (Phi) is 4.87. The topological polar surface area (TPSA) is 49.3 Å². The fourth-order valence-electron chi connectivity index (χ4n) is 2.23. The van der Waals surface area contributed by atoms with E-state index < -0.39 is 5.60 Å². The first-order valence-corrected chi connectivity index (χ1v) is 6.14. The molecule has 2 N–H and O–H groups in total. The van der Waals surface area contributed by atoms with Gasteiger partial charge in [-0.1, -0.05) is 19.8 Å². The Hall–Kier alpha value is -0.280. The highest BCUT2D eigenvalue weighted by molar-refractivity contribution is 6.18. The van der Waals surface area contributed by atoms with Crippen LogP contribution in [0.2, 0.25) is 0 Å². The Morgan fingerprint density at radius 2 is 2.40 bits per heavy atom. The first kappa shape index (κ1) is 12.8. The van der Waals surface area contributed by atoms with Gasteiger partial charge in [0.1, 0.15) is 0 Å². The van der Waals surface area contributed by atoms with E-state index in [1.54, 1.807) is 0 Å². The van der Waals surface area contributed by atoms with E-state index in [0.29, 0.717) is 24.8 Å². The molecule has 2 unspecified atom stereocenters. The van der Waals surface area contributed by atoms with Crippen molar-refractivity contribution in [2.75, 3.05) is 12.4 Å². The van der Waals surface area contributed by atoms with Crippen molar-refractivity contribution in [3.05, 3.63) is 0 Å². The molecule has 0 aliphatic heterocycles. The number of hydrogen-bond donors (Lipinski definition) is 2. The monoisotopic (exact) mass is 233 g/mol. The maximum atomic E-state index is 11.2. The number of aliphatic hydroxyl groups is 1. The molecule has 0 spiro atoms. The molecule has 1 fully saturated rings. The van der Waals surface area contributed by atoms with Crippen LogP contribution in [-0.2, 0) is 4.79 Å². The number of rotatable bonds is 4. The molecule has 1 rings (SSSR count). The molecule has 3 nitrogen and oxygen atoms in total. The van der Waals surface area contributed by atoms with E-state index in [0.717, 1.165) is 19.3 Å². The van der Waals surface area contributed by atoms with Crippen molar-refractivity contribution in [2.45, 2.75) is 44.6 Å². The SMILES string of the molecule is CC1CCCC(O)(CNC(=O)CCCl)C1. The molecule has 1 aliphatic rings. The van der Waals surface area contributed by atoms with Crippen LogP contribution >= 0.6 is 11.6 Å². The van der Waals surface area contributed by atoms with Crippen molar-refractivity contribution in [2.24, 2.45) is 5.92 Å². The lowest BCUT2D eigenvalue weighted by Gasteiger charge is -2.35. The van der Waals surface area contributed by atoms with E-state index in [9.17, 15) is 9.90 Å². The molecule has 0 bridgehead atoms. The van der Waals surface area contributed by atoms with Crippen molar-refractivity contribution in [3.8, 4) is 0 Å². The molecule has 0 aromatic rings. The molecule has 88 valence electrons. The number of carbonyl (C=O) groups excluding carboxylic acids is 1. The first-order valence-electron chi connectivity index (χ1n) is 5.61. The Balaban J connectivity index is 2.32. The minimum Gasteiger partial charge on any atom is -0.388 e. The Bertz CT molecular complexity index is 223. The van der Waals surface area contributed by atoms with Gasteiger partial charge in [0.05, 0.1) is 5.60 Å². The van der Waals surface area contributed by atoms with Crippen molar-refractivity contribution in [3.63, 3.8) is 0 Å². The summed E-state index contributed by atoms with van der Waals surface area (Å²) in [7, 11) is 0. The van der Waals surface area contributed by atoms with E-state index in [4.69, 9.17) is 11.6 Å². The molecule has 15 heavy (non-hydrogen) atoms. The van der Waals surface area contributed by atoms with Gasteiger partial charge in [-0.15, -0.1) is 11.6 Å². The fourth-order valence-corrected chi connectivity index (χ4v) is 2.40. The quantitative estimate of drug-likeness (QED) is 0.726. The molecule has 2 atom stereocenters. The van der Waals surface area contributed by atoms with Crippen LogP contribution in [0.15, 0.2) is 0 Å². The normalized spacial score (nSPS) is 31.3. The summed E-state index contributed by atoms with van der Waals surface area (Å²) in [5.41, 5.74) is -0.695. The lowest BCUT2D eigenvalue weighted by molar-refractivity contribution is -0.122. The summed E-state index contributed by atoms with van der Waals surface area (Å²) in [6.45, 7) is 2.51. The van der Waals surface area contributed by atoms with Gasteiger partial charge in [-0.2, -0.15) is 0 Å². The zero-order chi connectivity index (χ0) is 11.3. The summed E-state index contributed by atoms with van der Waals surface area (Å²) in [5, 5.41) is 13.0. The van der Waals surface area contributed by atoms with Crippen molar-refractivity contribution < 1.29 is 9.90 Å². The van der Waals surface area contributed by atoms with Gasteiger partial charge in [0.15, 0.2) is 0 Å². The Morgan fingerprint density at radius 1 is 1.67 bits per heavy atom. The van der Waals surface area contributed by atoms with Gasteiger partial charge >= 0.3 is 0 Å². The molecule has 0 radical (unpaired) electrons. The smallest absolute Gasteiger partial charge is 0.221 e. The minimum atomic E-state index is -0.695. The van der Waals surface area contributed by atoms with Crippen LogP contribution in [0.1, 0.15) is 39.0 Å². The zero-order valence-corrected chi connectivity index (χ0v) is 10.0. The fraction of sp³-hybridized carbons (Fsp3) is 0.909. The van der Waals surface area contributed by atoms with Gasteiger partial charge in [0.2, 0.25) is 5.91 Å². The average molecular weight is 234 g/mol. The van der Waals surface area contributed by atoms with Gasteiger partial charge in [-0.3, -0.25) is 4.79 Å².